The monoisotopic (exact) mass is 178 g/mol. The van der Waals surface area contributed by atoms with Crippen LogP contribution in [0.5, 0.6) is 0 Å². The molecule has 4 heteroatoms. The maximum absolute atomic E-state index is 5.57. The van der Waals surface area contributed by atoms with E-state index in [1.165, 1.54) is 12.8 Å². The first-order chi connectivity index (χ1) is 6.25. The van der Waals surface area contributed by atoms with Crippen molar-refractivity contribution < 1.29 is 0 Å². The molecule has 0 unspecified atom stereocenters. The van der Waals surface area contributed by atoms with Gasteiger partial charge in [-0.05, 0) is 24.8 Å². The smallest absolute Gasteiger partial charge is 0.226 e. The van der Waals surface area contributed by atoms with E-state index in [1.807, 2.05) is 7.05 Å². The molecule has 4 nitrogen and oxygen atoms in total. The average Bonchev–Trinajstić information content (AvgIpc) is 2.88. The lowest BCUT2D eigenvalue weighted by Crippen LogP contribution is -2.22. The van der Waals surface area contributed by atoms with Gasteiger partial charge in [0.15, 0.2) is 0 Å². The van der Waals surface area contributed by atoms with Crippen LogP contribution < -0.4 is 10.6 Å². The third-order valence-corrected chi connectivity index (χ3v) is 2.23. The molecule has 1 heterocycles. The zero-order valence-corrected chi connectivity index (χ0v) is 7.77. The molecule has 1 aromatic heterocycles. The lowest BCUT2D eigenvalue weighted by Gasteiger charge is -2.15. The Bertz CT molecular complexity index is 295. The number of nitrogens with two attached hydrogens (primary N) is 1. The van der Waals surface area contributed by atoms with Crippen LogP contribution in [0.25, 0.3) is 0 Å². The topological polar surface area (TPSA) is 55.0 Å². The fourth-order valence-electron chi connectivity index (χ4n) is 1.32. The molecular weight excluding hydrogens is 164 g/mol. The van der Waals surface area contributed by atoms with E-state index in [4.69, 9.17) is 5.73 Å². The van der Waals surface area contributed by atoms with Crippen LogP contribution in [0.3, 0.4) is 0 Å². The second kappa shape index (κ2) is 3.20. The fourth-order valence-corrected chi connectivity index (χ4v) is 1.32. The summed E-state index contributed by atoms with van der Waals surface area (Å²) < 4.78 is 0. The standard InChI is InChI=1S/C9H14N4/c1-13(6-7-2-3-7)9-11-5-4-8(10)12-9/h4-5,7H,2-3,6H2,1H3,(H2,10,11,12). The van der Waals surface area contributed by atoms with Gasteiger partial charge in [0.2, 0.25) is 5.95 Å². The number of nitrogens with zero attached hydrogens (tertiary/aromatic N) is 3. The summed E-state index contributed by atoms with van der Waals surface area (Å²) in [6.45, 7) is 1.05. The van der Waals surface area contributed by atoms with Crippen molar-refractivity contribution in [3.8, 4) is 0 Å². The van der Waals surface area contributed by atoms with Crippen molar-refractivity contribution in [1.29, 1.82) is 0 Å². The Morgan fingerprint density at radius 3 is 3.00 bits per heavy atom. The van der Waals surface area contributed by atoms with Crippen molar-refractivity contribution in [1.82, 2.24) is 9.97 Å². The van der Waals surface area contributed by atoms with Crippen LogP contribution in [0.2, 0.25) is 0 Å². The van der Waals surface area contributed by atoms with Crippen molar-refractivity contribution in [2.45, 2.75) is 12.8 Å². The Labute approximate surface area is 77.8 Å². The summed E-state index contributed by atoms with van der Waals surface area (Å²) in [7, 11) is 2.01. The lowest BCUT2D eigenvalue weighted by atomic mass is 10.4. The Balaban J connectivity index is 2.04. The molecule has 0 saturated heterocycles. The van der Waals surface area contributed by atoms with E-state index in [0.29, 0.717) is 5.82 Å². The molecule has 1 aliphatic carbocycles. The van der Waals surface area contributed by atoms with Crippen molar-refractivity contribution in [2.75, 3.05) is 24.2 Å². The predicted octanol–water partition coefficient (Wildman–Crippen LogP) is 0.905. The molecule has 1 aromatic rings. The van der Waals surface area contributed by atoms with Gasteiger partial charge in [0.25, 0.3) is 0 Å². The normalized spacial score (nSPS) is 15.8. The Morgan fingerprint density at radius 2 is 2.38 bits per heavy atom. The molecule has 1 fully saturated rings. The number of aromatic nitrogens is 2. The van der Waals surface area contributed by atoms with Gasteiger partial charge in [-0.2, -0.15) is 4.98 Å². The highest BCUT2D eigenvalue weighted by Crippen LogP contribution is 2.30. The summed E-state index contributed by atoms with van der Waals surface area (Å²) in [5.74, 6) is 2.11. The van der Waals surface area contributed by atoms with Gasteiger partial charge >= 0.3 is 0 Å². The zero-order valence-electron chi connectivity index (χ0n) is 7.77. The molecule has 0 aromatic carbocycles. The van der Waals surface area contributed by atoms with Gasteiger partial charge in [-0.3, -0.25) is 0 Å². The van der Waals surface area contributed by atoms with Crippen LogP contribution in [-0.2, 0) is 0 Å². The largest absolute Gasteiger partial charge is 0.384 e. The molecule has 0 atom stereocenters. The minimum atomic E-state index is 0.535. The molecule has 0 radical (unpaired) electrons. The van der Waals surface area contributed by atoms with Crippen molar-refractivity contribution >= 4 is 11.8 Å². The maximum atomic E-state index is 5.57. The lowest BCUT2D eigenvalue weighted by molar-refractivity contribution is 0.765. The van der Waals surface area contributed by atoms with E-state index in [2.05, 4.69) is 14.9 Å². The Kier molecular flexibility index (Phi) is 2.04. The van der Waals surface area contributed by atoms with E-state index >= 15 is 0 Å². The van der Waals surface area contributed by atoms with Crippen molar-refractivity contribution in [3.05, 3.63) is 12.3 Å². The number of hydrogen-bond donors (Lipinski definition) is 1. The van der Waals surface area contributed by atoms with Gasteiger partial charge in [0.1, 0.15) is 5.82 Å². The first kappa shape index (κ1) is 8.29. The summed E-state index contributed by atoms with van der Waals surface area (Å²) in [4.78, 5) is 10.4. The van der Waals surface area contributed by atoms with Gasteiger partial charge in [-0.15, -0.1) is 0 Å². The van der Waals surface area contributed by atoms with E-state index in [9.17, 15) is 0 Å². The van der Waals surface area contributed by atoms with Crippen LogP contribution in [0.1, 0.15) is 12.8 Å². The highest BCUT2D eigenvalue weighted by molar-refractivity contribution is 5.36. The fraction of sp³-hybridized carbons (Fsp3) is 0.556. The molecule has 70 valence electrons. The van der Waals surface area contributed by atoms with Crippen molar-refractivity contribution in [2.24, 2.45) is 5.92 Å². The van der Waals surface area contributed by atoms with E-state index < -0.39 is 0 Å². The van der Waals surface area contributed by atoms with E-state index in [1.54, 1.807) is 12.3 Å². The molecule has 2 N–H and O–H groups in total. The second-order valence-corrected chi connectivity index (χ2v) is 3.61. The van der Waals surface area contributed by atoms with Gasteiger partial charge in [-0.25, -0.2) is 4.98 Å². The third kappa shape index (κ3) is 2.08. The predicted molar refractivity (Wildman–Crippen MR) is 52.4 cm³/mol. The Hall–Kier alpha value is -1.32. The molecule has 2 rings (SSSR count). The van der Waals surface area contributed by atoms with Crippen LogP contribution in [0.4, 0.5) is 11.8 Å². The number of anilines is 2. The highest BCUT2D eigenvalue weighted by Gasteiger charge is 2.23. The average molecular weight is 178 g/mol. The highest BCUT2D eigenvalue weighted by atomic mass is 15.2. The van der Waals surface area contributed by atoms with E-state index in [0.717, 1.165) is 18.4 Å². The molecule has 0 aliphatic heterocycles. The first-order valence-electron chi connectivity index (χ1n) is 4.55. The molecule has 0 amide bonds. The van der Waals surface area contributed by atoms with Crippen molar-refractivity contribution in [3.63, 3.8) is 0 Å². The van der Waals surface area contributed by atoms with Crippen LogP contribution in [0.15, 0.2) is 12.3 Å². The number of rotatable bonds is 3. The molecular formula is C9H14N4. The summed E-state index contributed by atoms with van der Waals surface area (Å²) in [5.41, 5.74) is 5.57. The number of nitrogen functional groups attached to an aromatic ring is 1. The van der Waals surface area contributed by atoms with Crippen LogP contribution in [-0.4, -0.2) is 23.6 Å². The first-order valence-corrected chi connectivity index (χ1v) is 4.55. The summed E-state index contributed by atoms with van der Waals surface area (Å²) in [6, 6.07) is 1.70. The van der Waals surface area contributed by atoms with Crippen LogP contribution in [0, 0.1) is 5.92 Å². The van der Waals surface area contributed by atoms with Gasteiger partial charge < -0.3 is 10.6 Å². The summed E-state index contributed by atoms with van der Waals surface area (Å²) in [6.07, 6.45) is 4.38. The minimum Gasteiger partial charge on any atom is -0.384 e. The molecule has 0 bridgehead atoms. The molecule has 1 aliphatic rings. The third-order valence-electron chi connectivity index (χ3n) is 2.23. The number of hydrogen-bond acceptors (Lipinski definition) is 4. The molecule has 1 saturated carbocycles. The van der Waals surface area contributed by atoms with Crippen LogP contribution >= 0.6 is 0 Å². The SMILES string of the molecule is CN(CC1CC1)c1nccc(N)n1. The molecule has 0 spiro atoms. The van der Waals surface area contributed by atoms with Gasteiger partial charge in [-0.1, -0.05) is 0 Å². The molecule has 13 heavy (non-hydrogen) atoms. The zero-order chi connectivity index (χ0) is 9.26. The summed E-state index contributed by atoms with van der Waals surface area (Å²) in [5, 5.41) is 0. The van der Waals surface area contributed by atoms with Gasteiger partial charge in [0.05, 0.1) is 0 Å². The Morgan fingerprint density at radius 1 is 1.62 bits per heavy atom. The summed E-state index contributed by atoms with van der Waals surface area (Å²) >= 11 is 0. The van der Waals surface area contributed by atoms with E-state index in [-0.39, 0.29) is 0 Å². The maximum Gasteiger partial charge on any atom is 0.226 e. The van der Waals surface area contributed by atoms with Gasteiger partial charge in [0, 0.05) is 19.8 Å². The quantitative estimate of drug-likeness (QED) is 0.747. The minimum absolute atomic E-state index is 0.535. The second-order valence-electron chi connectivity index (χ2n) is 3.61.